The highest BCUT2D eigenvalue weighted by atomic mass is 15.1. The molecule has 0 fully saturated rings. The number of para-hydroxylation sites is 1. The van der Waals surface area contributed by atoms with Gasteiger partial charge in [-0.05, 0) is 137 Å². The standard InChI is InChI=1S/C66H44N2/c1-2-20-53(21-3-1)68-63-29-13-28-62(66(63)65-61-25-9-6-16-49(61)38-43-64(65)68)52-19-10-22-56(44-52)67(55-41-36-51(37-42-55)60-27-12-18-48-15-5-8-24-58(48)60)54-39-34-46(35-40-54)45-30-32-50(33-31-45)59-26-11-17-47-14-4-7-23-57(47)59/h1-44H. The first kappa shape index (κ1) is 39.4. The first-order valence-electron chi connectivity index (χ1n) is 23.4. The summed E-state index contributed by atoms with van der Waals surface area (Å²) in [5, 5.41) is 10.0. The molecule has 0 aliphatic heterocycles. The Morgan fingerprint density at radius 3 is 1.34 bits per heavy atom. The fourth-order valence-corrected chi connectivity index (χ4v) is 10.6. The van der Waals surface area contributed by atoms with Gasteiger partial charge in [-0.15, -0.1) is 0 Å². The Hall–Kier alpha value is -8.98. The summed E-state index contributed by atoms with van der Waals surface area (Å²) >= 11 is 0. The molecule has 1 aromatic heterocycles. The van der Waals surface area contributed by atoms with E-state index in [9.17, 15) is 0 Å². The molecule has 0 saturated carbocycles. The van der Waals surface area contributed by atoms with Gasteiger partial charge < -0.3 is 9.47 Å². The molecule has 0 bridgehead atoms. The normalized spacial score (nSPS) is 11.5. The minimum Gasteiger partial charge on any atom is -0.310 e. The van der Waals surface area contributed by atoms with Crippen LogP contribution in [0.3, 0.4) is 0 Å². The number of nitrogens with zero attached hydrogens (tertiary/aromatic N) is 2. The maximum atomic E-state index is 2.42. The summed E-state index contributed by atoms with van der Waals surface area (Å²) in [6, 6.07) is 97.4. The third-order valence-corrected chi connectivity index (χ3v) is 13.8. The molecule has 2 nitrogen and oxygen atoms in total. The molecule has 0 atom stereocenters. The number of aromatic nitrogens is 1. The molecule has 13 aromatic rings. The largest absolute Gasteiger partial charge is 0.310 e. The zero-order valence-electron chi connectivity index (χ0n) is 37.3. The van der Waals surface area contributed by atoms with Crippen molar-refractivity contribution >= 4 is 71.2 Å². The molecule has 68 heavy (non-hydrogen) atoms. The third kappa shape index (κ3) is 6.73. The second-order valence-electron chi connectivity index (χ2n) is 17.7. The van der Waals surface area contributed by atoms with Gasteiger partial charge in [0.1, 0.15) is 0 Å². The molecule has 1 heterocycles. The molecule has 0 unspecified atom stereocenters. The van der Waals surface area contributed by atoms with E-state index in [-0.39, 0.29) is 0 Å². The smallest absolute Gasteiger partial charge is 0.0547 e. The summed E-state index contributed by atoms with van der Waals surface area (Å²) in [5.41, 5.74) is 16.4. The lowest BCUT2D eigenvalue weighted by Crippen LogP contribution is -2.10. The van der Waals surface area contributed by atoms with Crippen molar-refractivity contribution in [3.05, 3.63) is 267 Å². The zero-order valence-corrected chi connectivity index (χ0v) is 37.3. The molecule has 0 amide bonds. The molecule has 0 saturated heterocycles. The van der Waals surface area contributed by atoms with Gasteiger partial charge in [-0.2, -0.15) is 0 Å². The van der Waals surface area contributed by atoms with E-state index in [1.807, 2.05) is 0 Å². The summed E-state index contributed by atoms with van der Waals surface area (Å²) in [7, 11) is 0. The van der Waals surface area contributed by atoms with E-state index in [2.05, 4.69) is 276 Å². The predicted molar refractivity (Wildman–Crippen MR) is 290 cm³/mol. The molecule has 0 radical (unpaired) electrons. The average Bonchev–Trinajstić information content (AvgIpc) is 3.77. The van der Waals surface area contributed by atoms with Gasteiger partial charge in [-0.25, -0.2) is 0 Å². The van der Waals surface area contributed by atoms with Crippen molar-refractivity contribution in [2.24, 2.45) is 0 Å². The first-order valence-corrected chi connectivity index (χ1v) is 23.4. The van der Waals surface area contributed by atoms with Gasteiger partial charge in [0.2, 0.25) is 0 Å². The molecular formula is C66H44N2. The Balaban J connectivity index is 0.938. The Labute approximate surface area is 395 Å². The molecule has 0 aliphatic carbocycles. The summed E-state index contributed by atoms with van der Waals surface area (Å²) < 4.78 is 2.42. The van der Waals surface area contributed by atoms with Crippen LogP contribution in [0.25, 0.3) is 104 Å². The van der Waals surface area contributed by atoms with Crippen LogP contribution in [-0.2, 0) is 0 Å². The highest BCUT2D eigenvalue weighted by Gasteiger charge is 2.20. The van der Waals surface area contributed by atoms with E-state index in [1.54, 1.807) is 0 Å². The van der Waals surface area contributed by atoms with Gasteiger partial charge >= 0.3 is 0 Å². The highest BCUT2D eigenvalue weighted by Crippen LogP contribution is 2.44. The SMILES string of the molecule is c1ccc(-n2c3cccc(-c4cccc(N(c5ccc(-c6ccc(-c7cccc8ccccc78)cc6)cc5)c5ccc(-c6cccc7ccccc67)cc5)c4)c3c3c4ccccc4ccc32)cc1. The van der Waals surface area contributed by atoms with E-state index in [0.29, 0.717) is 0 Å². The monoisotopic (exact) mass is 864 g/mol. The number of anilines is 3. The third-order valence-electron chi connectivity index (χ3n) is 13.8. The number of hydrogen-bond acceptors (Lipinski definition) is 1. The van der Waals surface area contributed by atoms with Gasteiger partial charge in [0.15, 0.2) is 0 Å². The lowest BCUT2D eigenvalue weighted by Gasteiger charge is -2.26. The van der Waals surface area contributed by atoms with Gasteiger partial charge in [0, 0.05) is 33.5 Å². The van der Waals surface area contributed by atoms with Crippen LogP contribution in [0.4, 0.5) is 17.1 Å². The van der Waals surface area contributed by atoms with Gasteiger partial charge in [0.05, 0.1) is 11.0 Å². The molecule has 0 aliphatic rings. The average molecular weight is 865 g/mol. The van der Waals surface area contributed by atoms with Crippen LogP contribution < -0.4 is 4.90 Å². The number of fused-ring (bicyclic) bond motifs is 7. The van der Waals surface area contributed by atoms with Crippen molar-refractivity contribution in [2.45, 2.75) is 0 Å². The van der Waals surface area contributed by atoms with Crippen molar-refractivity contribution in [1.29, 1.82) is 0 Å². The second-order valence-corrected chi connectivity index (χ2v) is 17.7. The fraction of sp³-hybridized carbons (Fsp3) is 0. The van der Waals surface area contributed by atoms with Crippen LogP contribution in [0.5, 0.6) is 0 Å². The molecule has 12 aromatic carbocycles. The zero-order chi connectivity index (χ0) is 45.0. The summed E-state index contributed by atoms with van der Waals surface area (Å²) in [6.45, 7) is 0. The molecular weight excluding hydrogens is 821 g/mol. The summed E-state index contributed by atoms with van der Waals surface area (Å²) in [5.74, 6) is 0. The minimum atomic E-state index is 1.08. The van der Waals surface area contributed by atoms with E-state index in [0.717, 1.165) is 28.3 Å². The molecule has 0 N–H and O–H groups in total. The van der Waals surface area contributed by atoms with Crippen molar-refractivity contribution in [2.75, 3.05) is 4.90 Å². The molecule has 318 valence electrons. The Bertz CT molecular complexity index is 3980. The topological polar surface area (TPSA) is 8.17 Å². The Morgan fingerprint density at radius 1 is 0.250 bits per heavy atom. The van der Waals surface area contributed by atoms with Gasteiger partial charge in [0.25, 0.3) is 0 Å². The van der Waals surface area contributed by atoms with E-state index in [4.69, 9.17) is 0 Å². The molecule has 2 heteroatoms. The van der Waals surface area contributed by atoms with Crippen molar-refractivity contribution in [3.8, 4) is 50.2 Å². The maximum absolute atomic E-state index is 2.42. The van der Waals surface area contributed by atoms with Crippen molar-refractivity contribution in [3.63, 3.8) is 0 Å². The second kappa shape index (κ2) is 16.5. The summed E-state index contributed by atoms with van der Waals surface area (Å²) in [6.07, 6.45) is 0. The van der Waals surface area contributed by atoms with Crippen LogP contribution in [0.15, 0.2) is 267 Å². The highest BCUT2D eigenvalue weighted by molar-refractivity contribution is 6.25. The maximum Gasteiger partial charge on any atom is 0.0547 e. The van der Waals surface area contributed by atoms with Crippen molar-refractivity contribution in [1.82, 2.24) is 4.57 Å². The van der Waals surface area contributed by atoms with Crippen LogP contribution in [0.1, 0.15) is 0 Å². The minimum absolute atomic E-state index is 1.08. The Morgan fingerprint density at radius 2 is 0.706 bits per heavy atom. The first-order chi connectivity index (χ1) is 33.7. The molecule has 13 rings (SSSR count). The van der Waals surface area contributed by atoms with Crippen molar-refractivity contribution < 1.29 is 0 Å². The van der Waals surface area contributed by atoms with Crippen LogP contribution in [0.2, 0.25) is 0 Å². The van der Waals surface area contributed by atoms with Crippen LogP contribution in [-0.4, -0.2) is 4.57 Å². The fourth-order valence-electron chi connectivity index (χ4n) is 10.6. The van der Waals surface area contributed by atoms with Crippen LogP contribution in [0, 0.1) is 0 Å². The lowest BCUT2D eigenvalue weighted by atomic mass is 9.96. The lowest BCUT2D eigenvalue weighted by molar-refractivity contribution is 1.18. The predicted octanol–water partition coefficient (Wildman–Crippen LogP) is 18.4. The van der Waals surface area contributed by atoms with E-state index < -0.39 is 0 Å². The van der Waals surface area contributed by atoms with Gasteiger partial charge in [-0.1, -0.05) is 206 Å². The quantitative estimate of drug-likeness (QED) is 0.148. The molecule has 0 spiro atoms. The Kier molecular flexibility index (Phi) is 9.54. The number of rotatable bonds is 8. The van der Waals surface area contributed by atoms with Gasteiger partial charge in [-0.3, -0.25) is 0 Å². The van der Waals surface area contributed by atoms with Crippen LogP contribution >= 0.6 is 0 Å². The summed E-state index contributed by atoms with van der Waals surface area (Å²) in [4.78, 5) is 2.40. The van der Waals surface area contributed by atoms with E-state index in [1.165, 1.54) is 93.1 Å². The van der Waals surface area contributed by atoms with E-state index >= 15 is 0 Å². The number of hydrogen-bond donors (Lipinski definition) is 0. The number of benzene rings is 12.